The standard InChI is InChI=1S/C20H21ClN2OS/c1-4-24-17-9-12(2)19(21)13(3)18(17)16-11-25-20(23-16)15-7-5-14(10-22)6-8-15/h5-9,11H,4,10,22H2,1-3H3. The molecule has 1 aromatic heterocycles. The Labute approximate surface area is 157 Å². The summed E-state index contributed by atoms with van der Waals surface area (Å²) >= 11 is 8.09. The molecule has 3 rings (SSSR count). The molecule has 130 valence electrons. The molecule has 2 N–H and O–H groups in total. The first-order valence-corrected chi connectivity index (χ1v) is 9.48. The summed E-state index contributed by atoms with van der Waals surface area (Å²) in [6, 6.07) is 10.2. The first kappa shape index (κ1) is 17.9. The van der Waals surface area contributed by atoms with Gasteiger partial charge in [0.05, 0.1) is 12.3 Å². The summed E-state index contributed by atoms with van der Waals surface area (Å²) in [5, 5.41) is 3.79. The van der Waals surface area contributed by atoms with Crippen LogP contribution in [0.5, 0.6) is 5.75 Å². The lowest BCUT2D eigenvalue weighted by atomic mass is 10.0. The van der Waals surface area contributed by atoms with Gasteiger partial charge in [-0.25, -0.2) is 4.98 Å². The van der Waals surface area contributed by atoms with E-state index in [4.69, 9.17) is 27.1 Å². The van der Waals surface area contributed by atoms with Gasteiger partial charge in [0.1, 0.15) is 10.8 Å². The molecule has 25 heavy (non-hydrogen) atoms. The number of aromatic nitrogens is 1. The maximum absolute atomic E-state index is 6.47. The van der Waals surface area contributed by atoms with E-state index >= 15 is 0 Å². The highest BCUT2D eigenvalue weighted by Crippen LogP contribution is 2.40. The molecule has 0 saturated heterocycles. The van der Waals surface area contributed by atoms with Gasteiger partial charge in [-0.3, -0.25) is 0 Å². The van der Waals surface area contributed by atoms with Crippen LogP contribution in [-0.2, 0) is 6.54 Å². The van der Waals surface area contributed by atoms with Gasteiger partial charge in [0.25, 0.3) is 0 Å². The summed E-state index contributed by atoms with van der Waals surface area (Å²) in [6.45, 7) is 7.14. The van der Waals surface area contributed by atoms with Gasteiger partial charge in [-0.2, -0.15) is 0 Å². The second kappa shape index (κ2) is 7.56. The first-order valence-electron chi connectivity index (χ1n) is 8.23. The van der Waals surface area contributed by atoms with E-state index in [1.54, 1.807) is 11.3 Å². The average Bonchev–Trinajstić information content (AvgIpc) is 3.10. The fourth-order valence-corrected chi connectivity index (χ4v) is 3.78. The van der Waals surface area contributed by atoms with Crippen molar-refractivity contribution < 1.29 is 4.74 Å². The molecule has 0 fully saturated rings. The fraction of sp³-hybridized carbons (Fsp3) is 0.250. The Morgan fingerprint density at radius 3 is 2.56 bits per heavy atom. The van der Waals surface area contributed by atoms with E-state index < -0.39 is 0 Å². The Balaban J connectivity index is 2.06. The normalized spacial score (nSPS) is 10.9. The number of thiazole rings is 1. The number of hydrogen-bond donors (Lipinski definition) is 1. The summed E-state index contributed by atoms with van der Waals surface area (Å²) in [6.07, 6.45) is 0. The number of ether oxygens (including phenoxy) is 1. The molecule has 0 radical (unpaired) electrons. The molecule has 2 aromatic carbocycles. The molecule has 3 aromatic rings. The Morgan fingerprint density at radius 2 is 1.92 bits per heavy atom. The van der Waals surface area contributed by atoms with Crippen LogP contribution in [0.1, 0.15) is 23.6 Å². The smallest absolute Gasteiger partial charge is 0.129 e. The summed E-state index contributed by atoms with van der Waals surface area (Å²) in [7, 11) is 0. The largest absolute Gasteiger partial charge is 0.493 e. The molecular weight excluding hydrogens is 352 g/mol. The topological polar surface area (TPSA) is 48.1 Å². The molecule has 0 aliphatic carbocycles. The molecule has 0 amide bonds. The number of halogens is 1. The quantitative estimate of drug-likeness (QED) is 0.633. The summed E-state index contributed by atoms with van der Waals surface area (Å²) in [5.74, 6) is 0.831. The van der Waals surface area contributed by atoms with Crippen LogP contribution in [0.4, 0.5) is 0 Å². The van der Waals surface area contributed by atoms with E-state index in [1.807, 2.05) is 39.0 Å². The molecule has 0 aliphatic heterocycles. The zero-order valence-corrected chi connectivity index (χ0v) is 16.2. The summed E-state index contributed by atoms with van der Waals surface area (Å²) in [5.41, 5.74) is 11.7. The minimum atomic E-state index is 0.544. The molecule has 0 bridgehead atoms. The molecule has 0 spiro atoms. The van der Waals surface area contributed by atoms with Crippen molar-refractivity contribution in [1.82, 2.24) is 4.98 Å². The van der Waals surface area contributed by atoms with Crippen molar-refractivity contribution in [3.63, 3.8) is 0 Å². The maximum atomic E-state index is 6.47. The van der Waals surface area contributed by atoms with E-state index in [-0.39, 0.29) is 0 Å². The van der Waals surface area contributed by atoms with Crippen molar-refractivity contribution in [2.75, 3.05) is 6.61 Å². The van der Waals surface area contributed by atoms with Crippen molar-refractivity contribution in [1.29, 1.82) is 0 Å². The van der Waals surface area contributed by atoms with E-state index in [2.05, 4.69) is 17.5 Å². The zero-order chi connectivity index (χ0) is 18.0. The van der Waals surface area contributed by atoms with E-state index in [9.17, 15) is 0 Å². The van der Waals surface area contributed by atoms with Gasteiger partial charge in [0.15, 0.2) is 0 Å². The first-order chi connectivity index (χ1) is 12.0. The lowest BCUT2D eigenvalue weighted by Gasteiger charge is -2.14. The van der Waals surface area contributed by atoms with Crippen LogP contribution in [0.2, 0.25) is 5.02 Å². The van der Waals surface area contributed by atoms with Crippen molar-refractivity contribution in [2.24, 2.45) is 5.73 Å². The molecule has 5 heteroatoms. The van der Waals surface area contributed by atoms with Crippen LogP contribution in [0.25, 0.3) is 21.8 Å². The van der Waals surface area contributed by atoms with Gasteiger partial charge in [-0.05, 0) is 43.5 Å². The van der Waals surface area contributed by atoms with Gasteiger partial charge in [0.2, 0.25) is 0 Å². The lowest BCUT2D eigenvalue weighted by Crippen LogP contribution is -1.98. The van der Waals surface area contributed by atoms with Gasteiger partial charge in [-0.15, -0.1) is 11.3 Å². The Kier molecular flexibility index (Phi) is 5.42. The summed E-state index contributed by atoms with van der Waals surface area (Å²) < 4.78 is 5.85. The Morgan fingerprint density at radius 1 is 1.20 bits per heavy atom. The second-order valence-corrected chi connectivity index (χ2v) is 7.11. The van der Waals surface area contributed by atoms with Crippen LogP contribution in [-0.4, -0.2) is 11.6 Å². The Bertz CT molecular complexity index is 887. The number of nitrogens with two attached hydrogens (primary N) is 1. The lowest BCUT2D eigenvalue weighted by molar-refractivity contribution is 0.341. The molecule has 0 saturated carbocycles. The highest BCUT2D eigenvalue weighted by molar-refractivity contribution is 7.13. The van der Waals surface area contributed by atoms with Crippen LogP contribution in [0.15, 0.2) is 35.7 Å². The monoisotopic (exact) mass is 372 g/mol. The third-order valence-corrected chi connectivity index (χ3v) is 5.61. The summed E-state index contributed by atoms with van der Waals surface area (Å²) in [4.78, 5) is 4.83. The maximum Gasteiger partial charge on any atom is 0.129 e. The van der Waals surface area contributed by atoms with Crippen molar-refractivity contribution in [3.05, 3.63) is 57.4 Å². The van der Waals surface area contributed by atoms with E-state index in [0.717, 1.165) is 49.3 Å². The second-order valence-electron chi connectivity index (χ2n) is 5.88. The minimum Gasteiger partial charge on any atom is -0.493 e. The zero-order valence-electron chi connectivity index (χ0n) is 14.6. The van der Waals surface area contributed by atoms with E-state index in [1.165, 1.54) is 0 Å². The number of nitrogens with zero attached hydrogens (tertiary/aromatic N) is 1. The number of benzene rings is 2. The third-order valence-electron chi connectivity index (χ3n) is 4.14. The van der Waals surface area contributed by atoms with Crippen molar-refractivity contribution in [3.8, 4) is 27.6 Å². The highest BCUT2D eigenvalue weighted by Gasteiger charge is 2.18. The third kappa shape index (κ3) is 3.56. The van der Waals surface area contributed by atoms with Gasteiger partial charge < -0.3 is 10.5 Å². The van der Waals surface area contributed by atoms with Crippen LogP contribution in [0, 0.1) is 13.8 Å². The predicted octanol–water partition coefficient (Wildman–Crippen LogP) is 5.60. The number of aryl methyl sites for hydroxylation is 1. The SMILES string of the molecule is CCOc1cc(C)c(Cl)c(C)c1-c1csc(-c2ccc(CN)cc2)n1. The average molecular weight is 373 g/mol. The molecule has 0 atom stereocenters. The minimum absolute atomic E-state index is 0.544. The van der Waals surface area contributed by atoms with Crippen LogP contribution in [0.3, 0.4) is 0 Å². The number of rotatable bonds is 5. The van der Waals surface area contributed by atoms with Crippen molar-refractivity contribution in [2.45, 2.75) is 27.3 Å². The van der Waals surface area contributed by atoms with Crippen LogP contribution >= 0.6 is 22.9 Å². The molecule has 0 aliphatic rings. The van der Waals surface area contributed by atoms with Gasteiger partial charge in [0, 0.05) is 28.1 Å². The number of hydrogen-bond acceptors (Lipinski definition) is 4. The fourth-order valence-electron chi connectivity index (χ4n) is 2.81. The van der Waals surface area contributed by atoms with Gasteiger partial charge in [-0.1, -0.05) is 35.9 Å². The van der Waals surface area contributed by atoms with Gasteiger partial charge >= 0.3 is 0 Å². The van der Waals surface area contributed by atoms with Crippen LogP contribution < -0.4 is 10.5 Å². The van der Waals surface area contributed by atoms with Crippen molar-refractivity contribution >= 4 is 22.9 Å². The molecule has 1 heterocycles. The molecular formula is C20H21ClN2OS. The van der Waals surface area contributed by atoms with E-state index in [0.29, 0.717) is 13.2 Å². The molecule has 0 unspecified atom stereocenters. The highest BCUT2D eigenvalue weighted by atomic mass is 35.5. The Hall–Kier alpha value is -1.88. The predicted molar refractivity (Wildman–Crippen MR) is 107 cm³/mol. The molecule has 3 nitrogen and oxygen atoms in total.